The van der Waals surface area contributed by atoms with E-state index in [2.05, 4.69) is 33.5 Å². The lowest BCUT2D eigenvalue weighted by Crippen LogP contribution is -2.19. The van der Waals surface area contributed by atoms with Gasteiger partial charge < -0.3 is 11.1 Å². The highest BCUT2D eigenvalue weighted by Crippen LogP contribution is 2.33. The molecule has 0 bridgehead atoms. The standard InChI is InChI=1S/C7H5BrClN3O2S/c8-3-1-4(9)5(11-7(10)15)2-6(3)12(13)14/h1-2H,(H3,10,11,15). The first-order chi connectivity index (χ1) is 6.91. The predicted octanol–water partition coefficient (Wildman–Crippen LogP) is 2.67. The molecule has 3 N–H and O–H groups in total. The molecule has 0 atom stereocenters. The van der Waals surface area contributed by atoms with Gasteiger partial charge in [0.25, 0.3) is 5.69 Å². The van der Waals surface area contributed by atoms with Crippen LogP contribution in [0.3, 0.4) is 0 Å². The number of nitro benzene ring substituents is 1. The lowest BCUT2D eigenvalue weighted by Gasteiger charge is -2.06. The van der Waals surface area contributed by atoms with Gasteiger partial charge in [0, 0.05) is 6.07 Å². The fourth-order valence-corrected chi connectivity index (χ4v) is 1.85. The van der Waals surface area contributed by atoms with Crippen molar-refractivity contribution < 1.29 is 4.92 Å². The van der Waals surface area contributed by atoms with Crippen molar-refractivity contribution in [3.63, 3.8) is 0 Å². The van der Waals surface area contributed by atoms with Crippen molar-refractivity contribution in [2.24, 2.45) is 5.73 Å². The van der Waals surface area contributed by atoms with Crippen LogP contribution in [0.1, 0.15) is 0 Å². The molecule has 1 aromatic carbocycles. The zero-order chi connectivity index (χ0) is 11.6. The number of halogens is 2. The van der Waals surface area contributed by atoms with Crippen LogP contribution in [0.4, 0.5) is 11.4 Å². The van der Waals surface area contributed by atoms with Gasteiger partial charge >= 0.3 is 0 Å². The fraction of sp³-hybridized carbons (Fsp3) is 0. The topological polar surface area (TPSA) is 81.2 Å². The minimum Gasteiger partial charge on any atom is -0.376 e. The fourth-order valence-electron chi connectivity index (χ4n) is 0.906. The van der Waals surface area contributed by atoms with Crippen molar-refractivity contribution in [1.29, 1.82) is 0 Å². The molecule has 0 saturated carbocycles. The zero-order valence-electron chi connectivity index (χ0n) is 7.16. The maximum Gasteiger partial charge on any atom is 0.285 e. The van der Waals surface area contributed by atoms with Crippen molar-refractivity contribution >= 4 is 56.2 Å². The Morgan fingerprint density at radius 1 is 1.67 bits per heavy atom. The Kier molecular flexibility index (Phi) is 3.83. The molecule has 0 radical (unpaired) electrons. The number of hydrogen-bond donors (Lipinski definition) is 2. The van der Waals surface area contributed by atoms with Crippen LogP contribution in [0.25, 0.3) is 0 Å². The number of anilines is 1. The van der Waals surface area contributed by atoms with Gasteiger partial charge in [-0.25, -0.2) is 0 Å². The number of thiocarbonyl (C=S) groups is 1. The maximum absolute atomic E-state index is 10.6. The van der Waals surface area contributed by atoms with Crippen LogP contribution >= 0.6 is 39.7 Å². The SMILES string of the molecule is NC(=S)Nc1cc([N+](=O)[O-])c(Br)cc1Cl. The Morgan fingerprint density at radius 3 is 2.73 bits per heavy atom. The Morgan fingerprint density at radius 2 is 2.27 bits per heavy atom. The predicted molar refractivity (Wildman–Crippen MR) is 66.2 cm³/mol. The molecule has 5 nitrogen and oxygen atoms in total. The van der Waals surface area contributed by atoms with Gasteiger partial charge in [0.05, 0.1) is 20.1 Å². The van der Waals surface area contributed by atoms with E-state index in [1.165, 1.54) is 12.1 Å². The third-order valence-corrected chi connectivity index (χ3v) is 2.54. The number of hydrogen-bond acceptors (Lipinski definition) is 3. The molecule has 15 heavy (non-hydrogen) atoms. The average Bonchev–Trinajstić information content (AvgIpc) is 2.08. The van der Waals surface area contributed by atoms with E-state index in [9.17, 15) is 10.1 Å². The minimum absolute atomic E-state index is 0.00600. The molecule has 0 aromatic heterocycles. The molecule has 1 rings (SSSR count). The van der Waals surface area contributed by atoms with E-state index in [1.54, 1.807) is 0 Å². The molecule has 0 aliphatic heterocycles. The third-order valence-electron chi connectivity index (χ3n) is 1.49. The second kappa shape index (κ2) is 4.73. The number of nitrogens with two attached hydrogens (primary N) is 1. The van der Waals surface area contributed by atoms with Crippen LogP contribution in [0.2, 0.25) is 5.02 Å². The molecule has 0 fully saturated rings. The Balaban J connectivity index is 3.23. The highest BCUT2D eigenvalue weighted by molar-refractivity contribution is 9.10. The average molecular weight is 311 g/mol. The summed E-state index contributed by atoms with van der Waals surface area (Å²) in [7, 11) is 0. The summed E-state index contributed by atoms with van der Waals surface area (Å²) in [5.74, 6) is 0. The molecule has 0 saturated heterocycles. The summed E-state index contributed by atoms with van der Waals surface area (Å²) in [6, 6.07) is 2.66. The maximum atomic E-state index is 10.6. The van der Waals surface area contributed by atoms with Gasteiger partial charge in [-0.2, -0.15) is 0 Å². The van der Waals surface area contributed by atoms with E-state index in [1.807, 2.05) is 0 Å². The highest BCUT2D eigenvalue weighted by atomic mass is 79.9. The Bertz CT molecular complexity index is 440. The lowest BCUT2D eigenvalue weighted by atomic mass is 10.3. The van der Waals surface area contributed by atoms with Crippen molar-refractivity contribution in [1.82, 2.24) is 0 Å². The summed E-state index contributed by atoms with van der Waals surface area (Å²) >= 11 is 13.5. The molecule has 80 valence electrons. The summed E-state index contributed by atoms with van der Waals surface area (Å²) in [5.41, 5.74) is 5.43. The van der Waals surface area contributed by atoms with Crippen molar-refractivity contribution in [2.75, 3.05) is 5.32 Å². The van der Waals surface area contributed by atoms with Gasteiger partial charge in [-0.15, -0.1) is 0 Å². The van der Waals surface area contributed by atoms with Crippen LogP contribution < -0.4 is 11.1 Å². The smallest absolute Gasteiger partial charge is 0.285 e. The van der Waals surface area contributed by atoms with Crippen LogP contribution in [0.15, 0.2) is 16.6 Å². The number of rotatable bonds is 2. The van der Waals surface area contributed by atoms with E-state index in [0.29, 0.717) is 15.2 Å². The molecule has 0 spiro atoms. The normalized spacial score (nSPS) is 9.73. The van der Waals surface area contributed by atoms with Gasteiger partial charge in [-0.3, -0.25) is 10.1 Å². The van der Waals surface area contributed by atoms with Crippen LogP contribution in [-0.4, -0.2) is 10.0 Å². The molecule has 0 unspecified atom stereocenters. The minimum atomic E-state index is -0.537. The van der Waals surface area contributed by atoms with E-state index < -0.39 is 4.92 Å². The zero-order valence-corrected chi connectivity index (χ0v) is 10.3. The molecule has 0 aliphatic rings. The second-order valence-corrected chi connectivity index (χ2v) is 4.23. The van der Waals surface area contributed by atoms with Gasteiger partial charge in [-0.1, -0.05) is 11.6 Å². The number of benzene rings is 1. The first kappa shape index (κ1) is 12.2. The summed E-state index contributed by atoms with van der Waals surface area (Å²) < 4.78 is 0.297. The van der Waals surface area contributed by atoms with E-state index in [-0.39, 0.29) is 10.8 Å². The van der Waals surface area contributed by atoms with Gasteiger partial charge in [0.2, 0.25) is 0 Å². The van der Waals surface area contributed by atoms with Crippen LogP contribution in [0.5, 0.6) is 0 Å². The van der Waals surface area contributed by atoms with Crippen molar-refractivity contribution in [3.05, 3.63) is 31.7 Å². The molecule has 1 aromatic rings. The quantitative estimate of drug-likeness (QED) is 0.498. The van der Waals surface area contributed by atoms with E-state index in [4.69, 9.17) is 17.3 Å². The van der Waals surface area contributed by atoms with E-state index >= 15 is 0 Å². The van der Waals surface area contributed by atoms with E-state index in [0.717, 1.165) is 0 Å². The largest absolute Gasteiger partial charge is 0.376 e. The van der Waals surface area contributed by atoms with Gasteiger partial charge in [0.15, 0.2) is 5.11 Å². The summed E-state index contributed by atoms with van der Waals surface area (Å²) in [4.78, 5) is 10.1. The van der Waals surface area contributed by atoms with Crippen LogP contribution in [0, 0.1) is 10.1 Å². The first-order valence-corrected chi connectivity index (χ1v) is 5.19. The lowest BCUT2D eigenvalue weighted by molar-refractivity contribution is -0.385. The summed E-state index contributed by atoms with van der Waals surface area (Å²) in [5, 5.41) is 13.4. The molecule has 0 amide bonds. The number of nitro groups is 1. The molecule has 0 heterocycles. The molecular formula is C7H5BrClN3O2S. The summed E-state index contributed by atoms with van der Waals surface area (Å²) in [6.07, 6.45) is 0. The summed E-state index contributed by atoms with van der Waals surface area (Å²) in [6.45, 7) is 0. The van der Waals surface area contributed by atoms with Crippen molar-refractivity contribution in [3.8, 4) is 0 Å². The van der Waals surface area contributed by atoms with Gasteiger partial charge in [-0.05, 0) is 34.2 Å². The van der Waals surface area contributed by atoms with Gasteiger partial charge in [0.1, 0.15) is 0 Å². The molecule has 0 aliphatic carbocycles. The Labute approximate surface area is 104 Å². The number of nitrogens with zero attached hydrogens (tertiary/aromatic N) is 1. The Hall–Kier alpha value is -0.920. The number of nitrogens with one attached hydrogen (secondary N) is 1. The monoisotopic (exact) mass is 309 g/mol. The van der Waals surface area contributed by atoms with Crippen LogP contribution in [-0.2, 0) is 0 Å². The molecular weight excluding hydrogens is 306 g/mol. The molecule has 8 heteroatoms. The highest BCUT2D eigenvalue weighted by Gasteiger charge is 2.15. The first-order valence-electron chi connectivity index (χ1n) is 3.61. The third kappa shape index (κ3) is 3.01. The second-order valence-electron chi connectivity index (χ2n) is 2.53. The van der Waals surface area contributed by atoms with Crippen molar-refractivity contribution in [2.45, 2.75) is 0 Å².